The van der Waals surface area contributed by atoms with Crippen molar-refractivity contribution >= 4 is 11.6 Å². The van der Waals surface area contributed by atoms with Gasteiger partial charge < -0.3 is 11.1 Å². The molecule has 0 aliphatic heterocycles. The van der Waals surface area contributed by atoms with E-state index in [1.54, 1.807) is 0 Å². The first-order chi connectivity index (χ1) is 9.19. The third kappa shape index (κ3) is 3.98. The van der Waals surface area contributed by atoms with Crippen LogP contribution < -0.4 is 11.1 Å². The van der Waals surface area contributed by atoms with E-state index in [0.29, 0.717) is 18.4 Å². The van der Waals surface area contributed by atoms with Gasteiger partial charge in [-0.15, -0.1) is 0 Å². The quantitative estimate of drug-likeness (QED) is 0.817. The molecule has 1 fully saturated rings. The molecule has 1 aliphatic carbocycles. The van der Waals surface area contributed by atoms with Crippen LogP contribution in [0.1, 0.15) is 56.9 Å². The zero-order valence-electron chi connectivity index (χ0n) is 11.7. The Balaban J connectivity index is 1.82. The van der Waals surface area contributed by atoms with Gasteiger partial charge in [0.25, 0.3) is 0 Å². The molecule has 1 aromatic rings. The Bertz CT molecular complexity index is 405. The summed E-state index contributed by atoms with van der Waals surface area (Å²) in [5, 5.41) is 3.14. The number of hydrogen-bond donors (Lipinski definition) is 2. The lowest BCUT2D eigenvalue weighted by Crippen LogP contribution is -2.37. The van der Waals surface area contributed by atoms with Gasteiger partial charge in [0.1, 0.15) is 0 Å². The first-order valence-corrected chi connectivity index (χ1v) is 7.34. The fourth-order valence-electron chi connectivity index (χ4n) is 2.87. The van der Waals surface area contributed by atoms with E-state index in [0.717, 1.165) is 37.8 Å². The molecule has 3 N–H and O–H groups in total. The molecule has 1 aliphatic rings. The number of rotatable bonds is 4. The van der Waals surface area contributed by atoms with Gasteiger partial charge in [-0.2, -0.15) is 0 Å². The number of hydrogen-bond acceptors (Lipinski definition) is 2. The second-order valence-corrected chi connectivity index (χ2v) is 5.53. The molecule has 0 aromatic heterocycles. The van der Waals surface area contributed by atoms with Gasteiger partial charge >= 0.3 is 0 Å². The Hall–Kier alpha value is -1.51. The Morgan fingerprint density at radius 1 is 1.21 bits per heavy atom. The third-order valence-electron chi connectivity index (χ3n) is 3.98. The van der Waals surface area contributed by atoms with Crippen LogP contribution in [0.15, 0.2) is 24.3 Å². The summed E-state index contributed by atoms with van der Waals surface area (Å²) >= 11 is 0. The van der Waals surface area contributed by atoms with Crippen molar-refractivity contribution < 1.29 is 4.79 Å². The van der Waals surface area contributed by atoms with Crippen LogP contribution >= 0.6 is 0 Å². The summed E-state index contributed by atoms with van der Waals surface area (Å²) in [5.41, 5.74) is 7.92. The average Bonchev–Trinajstić information content (AvgIpc) is 2.41. The van der Waals surface area contributed by atoms with Gasteiger partial charge in [-0.3, -0.25) is 4.79 Å². The van der Waals surface area contributed by atoms with E-state index in [2.05, 4.69) is 17.4 Å². The molecule has 2 rings (SSSR count). The van der Waals surface area contributed by atoms with Crippen molar-refractivity contribution in [2.45, 2.75) is 57.4 Å². The monoisotopic (exact) mass is 260 g/mol. The van der Waals surface area contributed by atoms with Crippen LogP contribution in [-0.2, 0) is 4.79 Å². The number of anilines is 1. The molecule has 104 valence electrons. The Labute approximate surface area is 115 Å². The second kappa shape index (κ2) is 6.60. The fourth-order valence-corrected chi connectivity index (χ4v) is 2.87. The number of carbonyl (C=O) groups excluding carboxylic acids is 1. The van der Waals surface area contributed by atoms with Gasteiger partial charge in [-0.05, 0) is 55.7 Å². The zero-order chi connectivity index (χ0) is 13.7. The Morgan fingerprint density at radius 2 is 1.84 bits per heavy atom. The van der Waals surface area contributed by atoms with Crippen molar-refractivity contribution in [1.29, 1.82) is 0 Å². The molecule has 0 radical (unpaired) electrons. The molecular formula is C16H24N2O. The molecule has 0 saturated heterocycles. The minimum absolute atomic E-state index is 0.207. The van der Waals surface area contributed by atoms with Crippen molar-refractivity contribution in [2.75, 3.05) is 5.73 Å². The topological polar surface area (TPSA) is 55.1 Å². The summed E-state index contributed by atoms with van der Waals surface area (Å²) in [4.78, 5) is 11.6. The molecule has 3 nitrogen and oxygen atoms in total. The largest absolute Gasteiger partial charge is 0.399 e. The van der Waals surface area contributed by atoms with Crippen molar-refractivity contribution in [3.8, 4) is 0 Å². The lowest BCUT2D eigenvalue weighted by molar-refractivity contribution is -0.122. The Morgan fingerprint density at radius 3 is 2.42 bits per heavy atom. The third-order valence-corrected chi connectivity index (χ3v) is 3.98. The van der Waals surface area contributed by atoms with Crippen LogP contribution in [0.4, 0.5) is 5.69 Å². The highest BCUT2D eigenvalue weighted by molar-refractivity contribution is 5.76. The summed E-state index contributed by atoms with van der Waals surface area (Å²) in [6, 6.07) is 8.60. The van der Waals surface area contributed by atoms with Crippen LogP contribution in [0.3, 0.4) is 0 Å². The van der Waals surface area contributed by atoms with E-state index in [1.807, 2.05) is 19.1 Å². The maximum Gasteiger partial charge on any atom is 0.220 e. The highest BCUT2D eigenvalue weighted by Gasteiger charge is 2.23. The number of benzene rings is 1. The van der Waals surface area contributed by atoms with E-state index >= 15 is 0 Å². The fraction of sp³-hybridized carbons (Fsp3) is 0.562. The lowest BCUT2D eigenvalue weighted by Gasteiger charge is -2.29. The zero-order valence-corrected chi connectivity index (χ0v) is 11.7. The number of nitrogens with two attached hydrogens (primary N) is 1. The highest BCUT2D eigenvalue weighted by Crippen LogP contribution is 2.33. The highest BCUT2D eigenvalue weighted by atomic mass is 16.1. The predicted molar refractivity (Wildman–Crippen MR) is 78.9 cm³/mol. The van der Waals surface area contributed by atoms with E-state index in [-0.39, 0.29) is 5.91 Å². The smallest absolute Gasteiger partial charge is 0.220 e. The molecule has 0 atom stereocenters. The molecule has 0 bridgehead atoms. The first-order valence-electron chi connectivity index (χ1n) is 7.34. The van der Waals surface area contributed by atoms with Gasteiger partial charge in [0.15, 0.2) is 0 Å². The van der Waals surface area contributed by atoms with E-state index in [1.165, 1.54) is 5.56 Å². The molecule has 0 spiro atoms. The first kappa shape index (κ1) is 13.9. The van der Waals surface area contributed by atoms with Gasteiger partial charge in [0.05, 0.1) is 0 Å². The van der Waals surface area contributed by atoms with Crippen molar-refractivity contribution in [1.82, 2.24) is 5.32 Å². The maximum atomic E-state index is 11.6. The minimum atomic E-state index is 0.207. The minimum Gasteiger partial charge on any atom is -0.399 e. The molecular weight excluding hydrogens is 236 g/mol. The van der Waals surface area contributed by atoms with Crippen molar-refractivity contribution in [3.05, 3.63) is 29.8 Å². The normalized spacial score (nSPS) is 23.0. The summed E-state index contributed by atoms with van der Waals surface area (Å²) in [6.45, 7) is 2.04. The molecule has 0 heterocycles. The summed E-state index contributed by atoms with van der Waals surface area (Å²) < 4.78 is 0. The maximum absolute atomic E-state index is 11.6. The van der Waals surface area contributed by atoms with Crippen LogP contribution in [0.2, 0.25) is 0 Å². The van der Waals surface area contributed by atoms with Crippen LogP contribution in [0.5, 0.6) is 0 Å². The van der Waals surface area contributed by atoms with Gasteiger partial charge in [0, 0.05) is 18.2 Å². The molecule has 0 unspecified atom stereocenters. The summed E-state index contributed by atoms with van der Waals surface area (Å²) in [7, 11) is 0. The van der Waals surface area contributed by atoms with Crippen molar-refractivity contribution in [2.24, 2.45) is 0 Å². The van der Waals surface area contributed by atoms with Gasteiger partial charge in [-0.25, -0.2) is 0 Å². The number of nitrogens with one attached hydrogen (secondary N) is 1. The summed E-state index contributed by atoms with van der Waals surface area (Å²) in [6.07, 6.45) is 6.06. The second-order valence-electron chi connectivity index (χ2n) is 5.53. The lowest BCUT2D eigenvalue weighted by atomic mass is 9.81. The predicted octanol–water partition coefficient (Wildman–Crippen LogP) is 3.21. The number of amides is 1. The summed E-state index contributed by atoms with van der Waals surface area (Å²) in [5.74, 6) is 0.832. The van der Waals surface area contributed by atoms with E-state index in [9.17, 15) is 4.79 Å². The molecule has 1 aromatic carbocycles. The van der Waals surface area contributed by atoms with Gasteiger partial charge in [-0.1, -0.05) is 19.1 Å². The molecule has 1 amide bonds. The van der Waals surface area contributed by atoms with Crippen LogP contribution in [0.25, 0.3) is 0 Å². The molecule has 3 heteroatoms. The number of carbonyl (C=O) groups is 1. The Kier molecular flexibility index (Phi) is 4.83. The van der Waals surface area contributed by atoms with Crippen molar-refractivity contribution in [3.63, 3.8) is 0 Å². The SMILES string of the molecule is CCCC(=O)NC1CCC(c2ccc(N)cc2)CC1. The van der Waals surface area contributed by atoms with Crippen LogP contribution in [0, 0.1) is 0 Å². The van der Waals surface area contributed by atoms with Crippen LogP contribution in [-0.4, -0.2) is 11.9 Å². The number of nitrogen functional groups attached to an aromatic ring is 1. The standard InChI is InChI=1S/C16H24N2O/c1-2-3-16(19)18-15-10-6-13(7-11-15)12-4-8-14(17)9-5-12/h4-5,8-9,13,15H,2-3,6-7,10-11,17H2,1H3,(H,18,19). The van der Waals surface area contributed by atoms with E-state index < -0.39 is 0 Å². The average molecular weight is 260 g/mol. The molecule has 1 saturated carbocycles. The van der Waals surface area contributed by atoms with Gasteiger partial charge in [0.2, 0.25) is 5.91 Å². The molecule has 19 heavy (non-hydrogen) atoms. The van der Waals surface area contributed by atoms with E-state index in [4.69, 9.17) is 5.73 Å².